The van der Waals surface area contributed by atoms with Crippen LogP contribution in [0.1, 0.15) is 45.9 Å². The average Bonchev–Trinajstić information content (AvgIpc) is 2.52. The van der Waals surface area contributed by atoms with Crippen LogP contribution < -0.4 is 0 Å². The molecule has 1 aliphatic heterocycles. The Bertz CT molecular complexity index is 423. The minimum absolute atomic E-state index is 0.215. The molecule has 0 aromatic carbocycles. The second-order valence-corrected chi connectivity index (χ2v) is 5.73. The molecule has 0 N–H and O–H groups in total. The minimum atomic E-state index is -0.484. The van der Waals surface area contributed by atoms with Crippen molar-refractivity contribution in [1.29, 1.82) is 0 Å². The third-order valence-corrected chi connectivity index (χ3v) is 3.17. The van der Waals surface area contributed by atoms with Crippen LogP contribution >= 0.6 is 11.3 Å². The van der Waals surface area contributed by atoms with Gasteiger partial charge in [0.25, 0.3) is 11.8 Å². The van der Waals surface area contributed by atoms with E-state index in [4.69, 9.17) is 0 Å². The second-order valence-electron chi connectivity index (χ2n) is 4.53. The molecule has 0 fully saturated rings. The molecule has 0 saturated carbocycles. The van der Waals surface area contributed by atoms with E-state index >= 15 is 0 Å². The average molecular weight is 224 g/mol. The number of nitrogens with zero attached hydrogens (tertiary/aromatic N) is 2. The summed E-state index contributed by atoms with van der Waals surface area (Å²) < 4.78 is 0. The zero-order valence-corrected chi connectivity index (χ0v) is 9.94. The summed E-state index contributed by atoms with van der Waals surface area (Å²) >= 11 is 1.29. The molecule has 0 aliphatic carbocycles. The number of aryl methyl sites for hydroxylation is 1. The largest absolute Gasteiger partial charge is 0.281 e. The van der Waals surface area contributed by atoms with Gasteiger partial charge in [-0.05, 0) is 27.7 Å². The summed E-state index contributed by atoms with van der Waals surface area (Å²) in [6.07, 6.45) is 0. The van der Waals surface area contributed by atoms with Gasteiger partial charge < -0.3 is 0 Å². The Morgan fingerprint density at radius 2 is 1.80 bits per heavy atom. The van der Waals surface area contributed by atoms with Gasteiger partial charge in [-0.1, -0.05) is 0 Å². The van der Waals surface area contributed by atoms with Crippen LogP contribution in [-0.2, 0) is 0 Å². The van der Waals surface area contributed by atoms with Gasteiger partial charge in [0.2, 0.25) is 0 Å². The highest BCUT2D eigenvalue weighted by Crippen LogP contribution is 2.32. The first-order valence-electron chi connectivity index (χ1n) is 4.68. The van der Waals surface area contributed by atoms with E-state index in [9.17, 15) is 9.59 Å². The summed E-state index contributed by atoms with van der Waals surface area (Å²) in [5.74, 6) is -0.486. The lowest BCUT2D eigenvalue weighted by atomic mass is 10.1. The van der Waals surface area contributed by atoms with E-state index in [0.717, 1.165) is 5.01 Å². The number of carbonyl (C=O) groups excluding carboxylic acids is 2. The van der Waals surface area contributed by atoms with Crippen molar-refractivity contribution in [3.05, 3.63) is 15.6 Å². The van der Waals surface area contributed by atoms with E-state index in [1.165, 1.54) is 16.2 Å². The molecule has 0 unspecified atom stereocenters. The Hall–Kier alpha value is -1.23. The standard InChI is InChI=1S/C10H12N2O2S/c1-5-11-6-7(15-5)9(14)12(8(6)13)10(2,3)4/h1-4H3. The van der Waals surface area contributed by atoms with Gasteiger partial charge in [-0.3, -0.25) is 14.5 Å². The highest BCUT2D eigenvalue weighted by Gasteiger charge is 2.44. The van der Waals surface area contributed by atoms with Gasteiger partial charge in [0.1, 0.15) is 4.88 Å². The van der Waals surface area contributed by atoms with Gasteiger partial charge in [0.05, 0.1) is 5.01 Å². The minimum Gasteiger partial charge on any atom is -0.268 e. The SMILES string of the molecule is Cc1nc2c(s1)C(=O)N(C(C)(C)C)C2=O. The first-order valence-corrected chi connectivity index (χ1v) is 5.50. The van der Waals surface area contributed by atoms with Crippen molar-refractivity contribution in [2.45, 2.75) is 33.2 Å². The molecule has 0 bridgehead atoms. The molecule has 4 nitrogen and oxygen atoms in total. The van der Waals surface area contributed by atoms with Gasteiger partial charge in [0.15, 0.2) is 5.69 Å². The van der Waals surface area contributed by atoms with E-state index < -0.39 is 5.54 Å². The smallest absolute Gasteiger partial charge is 0.268 e. The van der Waals surface area contributed by atoms with Crippen LogP contribution in [-0.4, -0.2) is 27.2 Å². The number of hydrogen-bond donors (Lipinski definition) is 0. The number of imide groups is 1. The summed E-state index contributed by atoms with van der Waals surface area (Å²) in [5, 5.41) is 0.759. The van der Waals surface area contributed by atoms with Crippen LogP contribution in [0.25, 0.3) is 0 Å². The number of fused-ring (bicyclic) bond motifs is 1. The maximum atomic E-state index is 11.9. The number of amides is 2. The monoisotopic (exact) mass is 224 g/mol. The van der Waals surface area contributed by atoms with E-state index in [1.54, 1.807) is 6.92 Å². The number of thiazole rings is 1. The Morgan fingerprint density at radius 1 is 1.20 bits per heavy atom. The van der Waals surface area contributed by atoms with E-state index in [2.05, 4.69) is 4.98 Å². The lowest BCUT2D eigenvalue weighted by molar-refractivity contribution is 0.0507. The predicted octanol–water partition coefficient (Wildman–Crippen LogP) is 1.85. The molecular weight excluding hydrogens is 212 g/mol. The predicted molar refractivity (Wildman–Crippen MR) is 57.1 cm³/mol. The molecule has 0 saturated heterocycles. The molecule has 1 aromatic rings. The van der Waals surface area contributed by atoms with Crippen LogP contribution in [0.15, 0.2) is 0 Å². The summed E-state index contributed by atoms with van der Waals surface area (Å²) in [6, 6.07) is 0. The third-order valence-electron chi connectivity index (χ3n) is 2.21. The number of carbonyl (C=O) groups is 2. The summed E-state index contributed by atoms with van der Waals surface area (Å²) in [5.41, 5.74) is -0.167. The summed E-state index contributed by atoms with van der Waals surface area (Å²) in [4.78, 5) is 29.7. The van der Waals surface area contributed by atoms with Gasteiger partial charge in [-0.2, -0.15) is 0 Å². The third kappa shape index (κ3) is 1.38. The first-order chi connectivity index (χ1) is 6.82. The fraction of sp³-hybridized carbons (Fsp3) is 0.500. The fourth-order valence-corrected chi connectivity index (χ4v) is 2.47. The second kappa shape index (κ2) is 2.88. The van der Waals surface area contributed by atoms with Crippen molar-refractivity contribution in [1.82, 2.24) is 9.88 Å². The zero-order chi connectivity index (χ0) is 11.4. The van der Waals surface area contributed by atoms with Crippen molar-refractivity contribution in [2.75, 3.05) is 0 Å². The molecule has 80 valence electrons. The molecular formula is C10H12N2O2S. The van der Waals surface area contributed by atoms with Crippen molar-refractivity contribution >= 4 is 23.2 Å². The molecule has 5 heteroatoms. The van der Waals surface area contributed by atoms with Crippen LogP contribution in [0.3, 0.4) is 0 Å². The maximum Gasteiger partial charge on any atom is 0.281 e. The quantitative estimate of drug-likeness (QED) is 0.632. The van der Waals surface area contributed by atoms with Crippen molar-refractivity contribution in [2.24, 2.45) is 0 Å². The summed E-state index contributed by atoms with van der Waals surface area (Å²) in [7, 11) is 0. The summed E-state index contributed by atoms with van der Waals surface area (Å²) in [6.45, 7) is 7.32. The maximum absolute atomic E-state index is 11.9. The number of hydrogen-bond acceptors (Lipinski definition) is 4. The molecule has 2 rings (SSSR count). The first kappa shape index (κ1) is 10.3. The van der Waals surface area contributed by atoms with Crippen LogP contribution in [0.2, 0.25) is 0 Å². The molecule has 2 amide bonds. The van der Waals surface area contributed by atoms with Gasteiger partial charge >= 0.3 is 0 Å². The van der Waals surface area contributed by atoms with Gasteiger partial charge in [-0.25, -0.2) is 4.98 Å². The fourth-order valence-electron chi connectivity index (χ4n) is 1.63. The Kier molecular flexibility index (Phi) is 1.98. The van der Waals surface area contributed by atoms with Crippen LogP contribution in [0, 0.1) is 6.92 Å². The molecule has 0 atom stereocenters. The highest BCUT2D eigenvalue weighted by atomic mass is 32.1. The van der Waals surface area contributed by atoms with E-state index in [1.807, 2.05) is 20.8 Å². The van der Waals surface area contributed by atoms with Crippen molar-refractivity contribution < 1.29 is 9.59 Å². The molecule has 2 heterocycles. The highest BCUT2D eigenvalue weighted by molar-refractivity contribution is 7.14. The zero-order valence-electron chi connectivity index (χ0n) is 9.12. The van der Waals surface area contributed by atoms with E-state index in [0.29, 0.717) is 10.6 Å². The molecule has 15 heavy (non-hydrogen) atoms. The van der Waals surface area contributed by atoms with E-state index in [-0.39, 0.29) is 11.8 Å². The molecule has 1 aromatic heterocycles. The topological polar surface area (TPSA) is 50.3 Å². The van der Waals surface area contributed by atoms with Crippen molar-refractivity contribution in [3.63, 3.8) is 0 Å². The molecule has 0 radical (unpaired) electrons. The van der Waals surface area contributed by atoms with Crippen LogP contribution in [0.4, 0.5) is 0 Å². The lowest BCUT2D eigenvalue weighted by Crippen LogP contribution is -2.45. The van der Waals surface area contributed by atoms with Crippen molar-refractivity contribution in [3.8, 4) is 0 Å². The molecule has 0 spiro atoms. The van der Waals surface area contributed by atoms with Gasteiger partial charge in [0, 0.05) is 5.54 Å². The number of rotatable bonds is 0. The van der Waals surface area contributed by atoms with Crippen LogP contribution in [0.5, 0.6) is 0 Å². The molecule has 1 aliphatic rings. The Balaban J connectivity index is 2.52. The normalized spacial score (nSPS) is 16.1. The Labute approximate surface area is 91.9 Å². The lowest BCUT2D eigenvalue weighted by Gasteiger charge is -2.29. The van der Waals surface area contributed by atoms with Gasteiger partial charge in [-0.15, -0.1) is 11.3 Å². The number of aromatic nitrogens is 1. The Morgan fingerprint density at radius 3 is 2.27 bits per heavy atom.